The Hall–Kier alpha value is -1.44. The zero-order chi connectivity index (χ0) is 14.1. The van der Waals surface area contributed by atoms with Crippen LogP contribution in [0.3, 0.4) is 0 Å². The average molecular weight is 284 g/mol. The van der Waals surface area contributed by atoms with Crippen molar-refractivity contribution in [1.82, 2.24) is 5.32 Å². The Labute approximate surface area is 112 Å². The Morgan fingerprint density at radius 1 is 1.37 bits per heavy atom. The third kappa shape index (κ3) is 3.31. The van der Waals surface area contributed by atoms with Gasteiger partial charge in [-0.25, -0.2) is 13.6 Å². The maximum atomic E-state index is 12.0. The molecule has 1 aromatic rings. The van der Waals surface area contributed by atoms with Crippen molar-refractivity contribution in [3.8, 4) is 0 Å². The largest absolute Gasteiger partial charge is 0.379 e. The summed E-state index contributed by atoms with van der Waals surface area (Å²) in [4.78, 5) is 12.0. The molecule has 0 saturated carbocycles. The molecule has 0 aromatic heterocycles. The first-order valence-electron chi connectivity index (χ1n) is 5.83. The molecule has 1 unspecified atom stereocenters. The van der Waals surface area contributed by atoms with Crippen LogP contribution < -0.4 is 10.5 Å². The third-order valence-corrected chi connectivity index (χ3v) is 4.01. The summed E-state index contributed by atoms with van der Waals surface area (Å²) in [5, 5.41) is 7.88. The van der Waals surface area contributed by atoms with Crippen LogP contribution in [0.25, 0.3) is 0 Å². The highest BCUT2D eigenvalue weighted by Crippen LogP contribution is 2.18. The molecule has 6 nitrogen and oxygen atoms in total. The van der Waals surface area contributed by atoms with E-state index in [-0.39, 0.29) is 16.3 Å². The van der Waals surface area contributed by atoms with E-state index in [0.717, 1.165) is 6.42 Å². The zero-order valence-electron chi connectivity index (χ0n) is 10.5. The summed E-state index contributed by atoms with van der Waals surface area (Å²) in [6, 6.07) is 5.51. The van der Waals surface area contributed by atoms with Gasteiger partial charge >= 0.3 is 0 Å². The second kappa shape index (κ2) is 4.92. The molecule has 0 radical (unpaired) electrons. The van der Waals surface area contributed by atoms with E-state index in [4.69, 9.17) is 9.88 Å². The smallest absolute Gasteiger partial charge is 0.251 e. The van der Waals surface area contributed by atoms with Gasteiger partial charge in [-0.3, -0.25) is 4.79 Å². The molecule has 1 heterocycles. The lowest BCUT2D eigenvalue weighted by Crippen LogP contribution is -2.46. The highest BCUT2D eigenvalue weighted by molar-refractivity contribution is 7.89. The number of sulfonamides is 1. The van der Waals surface area contributed by atoms with E-state index in [0.29, 0.717) is 18.8 Å². The molecule has 7 heteroatoms. The molecule has 0 bridgehead atoms. The minimum Gasteiger partial charge on any atom is -0.379 e. The molecule has 0 aliphatic carbocycles. The van der Waals surface area contributed by atoms with Gasteiger partial charge in [0, 0.05) is 12.2 Å². The molecule has 2 rings (SSSR count). The first-order chi connectivity index (χ1) is 8.80. The lowest BCUT2D eigenvalue weighted by Gasteiger charge is -2.23. The summed E-state index contributed by atoms with van der Waals surface area (Å²) in [5.41, 5.74) is 0.0240. The van der Waals surface area contributed by atoms with Crippen LogP contribution in [-0.4, -0.2) is 33.1 Å². The monoisotopic (exact) mass is 284 g/mol. The number of hydrogen-bond acceptors (Lipinski definition) is 4. The molecule has 104 valence electrons. The second-order valence-electron chi connectivity index (χ2n) is 4.89. The second-order valence-corrected chi connectivity index (χ2v) is 6.45. The summed E-state index contributed by atoms with van der Waals surface area (Å²) in [6.45, 7) is 3.02. The Morgan fingerprint density at radius 2 is 2.00 bits per heavy atom. The molecule has 0 spiro atoms. The van der Waals surface area contributed by atoms with Crippen LogP contribution in [0.1, 0.15) is 23.7 Å². The molecule has 1 aliphatic rings. The van der Waals surface area contributed by atoms with Crippen LogP contribution in [0.5, 0.6) is 0 Å². The lowest BCUT2D eigenvalue weighted by atomic mass is 10.0. The fraction of sp³-hybridized carbons (Fsp3) is 0.417. The van der Waals surface area contributed by atoms with Gasteiger partial charge in [0.05, 0.1) is 17.0 Å². The number of carbonyl (C=O) groups is 1. The van der Waals surface area contributed by atoms with E-state index in [9.17, 15) is 13.2 Å². The third-order valence-electron chi connectivity index (χ3n) is 3.08. The van der Waals surface area contributed by atoms with Gasteiger partial charge in [0.1, 0.15) is 0 Å². The highest BCUT2D eigenvalue weighted by atomic mass is 32.2. The number of primary sulfonamides is 1. The van der Waals surface area contributed by atoms with E-state index in [1.807, 2.05) is 6.92 Å². The maximum Gasteiger partial charge on any atom is 0.251 e. The lowest BCUT2D eigenvalue weighted by molar-refractivity contribution is 0.0889. The summed E-state index contributed by atoms with van der Waals surface area (Å²) in [7, 11) is -3.73. The van der Waals surface area contributed by atoms with Crippen LogP contribution in [0.4, 0.5) is 0 Å². The molecule has 3 N–H and O–H groups in total. The summed E-state index contributed by atoms with van der Waals surface area (Å²) in [5.74, 6) is -0.256. The molecular formula is C12H16N2O4S. The standard InChI is InChI=1S/C12H16N2O4S/c1-12(6-7-18-8-12)14-11(15)9-2-4-10(5-3-9)19(13,16)17/h2-5H,6-8H2,1H3,(H,14,15)(H2,13,16,17). The van der Waals surface area contributed by atoms with Crippen LogP contribution in [0.2, 0.25) is 0 Å². The number of hydrogen-bond donors (Lipinski definition) is 2. The quantitative estimate of drug-likeness (QED) is 0.830. The van der Waals surface area contributed by atoms with Crippen molar-refractivity contribution in [3.05, 3.63) is 29.8 Å². The fourth-order valence-electron chi connectivity index (χ4n) is 1.91. The molecule has 1 atom stereocenters. The van der Waals surface area contributed by atoms with Gasteiger partial charge in [-0.1, -0.05) is 0 Å². The van der Waals surface area contributed by atoms with E-state index >= 15 is 0 Å². The first kappa shape index (κ1) is 14.0. The minimum atomic E-state index is -3.73. The van der Waals surface area contributed by atoms with Crippen molar-refractivity contribution in [1.29, 1.82) is 0 Å². The van der Waals surface area contributed by atoms with Crippen molar-refractivity contribution in [2.75, 3.05) is 13.2 Å². The number of nitrogens with one attached hydrogen (secondary N) is 1. The number of carbonyl (C=O) groups excluding carboxylic acids is 1. The van der Waals surface area contributed by atoms with Gasteiger partial charge in [-0.15, -0.1) is 0 Å². The summed E-state index contributed by atoms with van der Waals surface area (Å²) in [6.07, 6.45) is 0.758. The van der Waals surface area contributed by atoms with Gasteiger partial charge in [0.2, 0.25) is 10.0 Å². The van der Waals surface area contributed by atoms with Gasteiger partial charge in [0.15, 0.2) is 0 Å². The van der Waals surface area contributed by atoms with E-state index in [1.54, 1.807) is 0 Å². The topological polar surface area (TPSA) is 98.5 Å². The number of benzene rings is 1. The maximum absolute atomic E-state index is 12.0. The summed E-state index contributed by atoms with van der Waals surface area (Å²) < 4.78 is 27.5. The highest BCUT2D eigenvalue weighted by Gasteiger charge is 2.31. The Morgan fingerprint density at radius 3 is 2.47 bits per heavy atom. The van der Waals surface area contributed by atoms with Crippen LogP contribution in [0.15, 0.2) is 29.2 Å². The molecular weight excluding hydrogens is 268 g/mol. The minimum absolute atomic E-state index is 0.0144. The number of nitrogens with two attached hydrogens (primary N) is 1. The van der Waals surface area contributed by atoms with Crippen LogP contribution in [0, 0.1) is 0 Å². The Bertz CT molecular complexity index is 574. The number of rotatable bonds is 3. The van der Waals surface area contributed by atoms with Gasteiger partial charge < -0.3 is 10.1 Å². The van der Waals surface area contributed by atoms with Crippen molar-refractivity contribution in [3.63, 3.8) is 0 Å². The van der Waals surface area contributed by atoms with Gasteiger partial charge in [0.25, 0.3) is 5.91 Å². The van der Waals surface area contributed by atoms with Crippen molar-refractivity contribution < 1.29 is 17.9 Å². The Balaban J connectivity index is 2.12. The number of ether oxygens (including phenoxy) is 1. The van der Waals surface area contributed by atoms with Crippen molar-refractivity contribution in [2.45, 2.75) is 23.8 Å². The molecule has 1 fully saturated rings. The molecule has 19 heavy (non-hydrogen) atoms. The normalized spacial score (nSPS) is 23.3. The fourth-order valence-corrected chi connectivity index (χ4v) is 2.42. The van der Waals surface area contributed by atoms with Crippen molar-refractivity contribution in [2.24, 2.45) is 5.14 Å². The summed E-state index contributed by atoms with van der Waals surface area (Å²) >= 11 is 0. The van der Waals surface area contributed by atoms with E-state index in [2.05, 4.69) is 5.32 Å². The average Bonchev–Trinajstić information content (AvgIpc) is 2.75. The van der Waals surface area contributed by atoms with E-state index < -0.39 is 10.0 Å². The van der Waals surface area contributed by atoms with Gasteiger partial charge in [-0.2, -0.15) is 0 Å². The number of amides is 1. The molecule has 1 aliphatic heterocycles. The zero-order valence-corrected chi connectivity index (χ0v) is 11.4. The molecule has 1 aromatic carbocycles. The first-order valence-corrected chi connectivity index (χ1v) is 7.38. The van der Waals surface area contributed by atoms with Crippen molar-refractivity contribution >= 4 is 15.9 Å². The molecule has 1 amide bonds. The Kier molecular flexibility index (Phi) is 3.62. The predicted octanol–water partition coefficient (Wildman–Crippen LogP) is 0.243. The van der Waals surface area contributed by atoms with Gasteiger partial charge in [-0.05, 0) is 37.6 Å². The predicted molar refractivity (Wildman–Crippen MR) is 69.1 cm³/mol. The van der Waals surface area contributed by atoms with E-state index in [1.165, 1.54) is 24.3 Å². The SMILES string of the molecule is CC1(NC(=O)c2ccc(S(N)(=O)=O)cc2)CCOC1. The van der Waals surface area contributed by atoms with Crippen LogP contribution >= 0.6 is 0 Å². The van der Waals surface area contributed by atoms with Crippen LogP contribution in [-0.2, 0) is 14.8 Å². The molecule has 1 saturated heterocycles.